The molecule has 0 saturated heterocycles. The highest BCUT2D eigenvalue weighted by Gasteiger charge is 2.31. The van der Waals surface area contributed by atoms with Gasteiger partial charge in [0.15, 0.2) is 0 Å². The van der Waals surface area contributed by atoms with Crippen LogP contribution in [0.1, 0.15) is 50.3 Å². The van der Waals surface area contributed by atoms with Gasteiger partial charge in [0.1, 0.15) is 0 Å². The molecule has 2 rings (SSSR count). The summed E-state index contributed by atoms with van der Waals surface area (Å²) < 4.78 is 27.3. The van der Waals surface area contributed by atoms with Gasteiger partial charge < -0.3 is 5.32 Å². The topological polar surface area (TPSA) is 49.4 Å². The van der Waals surface area contributed by atoms with E-state index in [9.17, 15) is 8.42 Å². The van der Waals surface area contributed by atoms with E-state index in [0.717, 1.165) is 43.5 Å². The summed E-state index contributed by atoms with van der Waals surface area (Å²) in [6.07, 6.45) is 6.54. The van der Waals surface area contributed by atoms with Gasteiger partial charge in [0.25, 0.3) is 0 Å². The Labute approximate surface area is 132 Å². The fourth-order valence-corrected chi connectivity index (χ4v) is 5.66. The molecule has 0 aromatic carbocycles. The van der Waals surface area contributed by atoms with Crippen molar-refractivity contribution in [1.82, 2.24) is 9.62 Å². The third-order valence-electron chi connectivity index (χ3n) is 4.16. The van der Waals surface area contributed by atoms with Crippen LogP contribution in [0.25, 0.3) is 0 Å². The van der Waals surface area contributed by atoms with Gasteiger partial charge in [0.2, 0.25) is 10.0 Å². The second kappa shape index (κ2) is 7.72. The molecule has 1 aromatic heterocycles. The number of sulfonamides is 1. The molecule has 1 N–H and O–H groups in total. The van der Waals surface area contributed by atoms with Crippen molar-refractivity contribution in [2.24, 2.45) is 0 Å². The molecule has 4 nitrogen and oxygen atoms in total. The van der Waals surface area contributed by atoms with Crippen LogP contribution in [-0.2, 0) is 16.6 Å². The Hall–Kier alpha value is -0.430. The lowest BCUT2D eigenvalue weighted by atomic mass is 9.96. The Morgan fingerprint density at radius 1 is 1.33 bits per heavy atom. The second-order valence-electron chi connectivity index (χ2n) is 5.70. The van der Waals surface area contributed by atoms with Gasteiger partial charge in [-0.3, -0.25) is 0 Å². The monoisotopic (exact) mass is 330 g/mol. The minimum absolute atomic E-state index is 0.167. The maximum Gasteiger partial charge on any atom is 0.244 e. The smallest absolute Gasteiger partial charge is 0.244 e. The van der Waals surface area contributed by atoms with E-state index in [1.54, 1.807) is 17.4 Å². The van der Waals surface area contributed by atoms with Crippen molar-refractivity contribution < 1.29 is 8.42 Å². The van der Waals surface area contributed by atoms with Gasteiger partial charge in [-0.2, -0.15) is 4.31 Å². The van der Waals surface area contributed by atoms with E-state index in [-0.39, 0.29) is 6.04 Å². The first-order valence-corrected chi connectivity index (χ1v) is 10.1. The van der Waals surface area contributed by atoms with Gasteiger partial charge in [-0.25, -0.2) is 8.42 Å². The quantitative estimate of drug-likeness (QED) is 0.781. The average Bonchev–Trinajstić information content (AvgIpc) is 2.97. The summed E-state index contributed by atoms with van der Waals surface area (Å²) in [6.45, 7) is 3.66. The van der Waals surface area contributed by atoms with Gasteiger partial charge >= 0.3 is 0 Å². The van der Waals surface area contributed by atoms with Gasteiger partial charge in [-0.05, 0) is 37.3 Å². The molecule has 0 atom stereocenters. The van der Waals surface area contributed by atoms with Gasteiger partial charge in [0, 0.05) is 24.5 Å². The molecule has 0 amide bonds. The zero-order valence-corrected chi connectivity index (χ0v) is 14.6. The Morgan fingerprint density at radius 3 is 2.71 bits per heavy atom. The molecule has 0 aliphatic heterocycles. The van der Waals surface area contributed by atoms with Crippen LogP contribution in [0.15, 0.2) is 16.3 Å². The first-order valence-electron chi connectivity index (χ1n) is 7.82. The molecule has 1 heterocycles. The van der Waals surface area contributed by atoms with E-state index >= 15 is 0 Å². The zero-order valence-electron chi connectivity index (χ0n) is 13.0. The highest BCUT2D eigenvalue weighted by molar-refractivity contribution is 7.89. The van der Waals surface area contributed by atoms with Gasteiger partial charge in [0.05, 0.1) is 4.90 Å². The van der Waals surface area contributed by atoms with E-state index < -0.39 is 10.0 Å². The maximum atomic E-state index is 12.9. The largest absolute Gasteiger partial charge is 0.312 e. The Morgan fingerprint density at radius 2 is 2.05 bits per heavy atom. The van der Waals surface area contributed by atoms with E-state index in [1.807, 2.05) is 5.38 Å². The van der Waals surface area contributed by atoms with E-state index in [4.69, 9.17) is 0 Å². The van der Waals surface area contributed by atoms with Gasteiger partial charge in [-0.1, -0.05) is 26.2 Å². The minimum atomic E-state index is -3.36. The molecule has 0 radical (unpaired) electrons. The van der Waals surface area contributed by atoms with Crippen LogP contribution in [0.4, 0.5) is 0 Å². The Balaban J connectivity index is 2.13. The van der Waals surface area contributed by atoms with E-state index in [1.165, 1.54) is 17.8 Å². The number of nitrogens with one attached hydrogen (secondary N) is 1. The lowest BCUT2D eigenvalue weighted by Gasteiger charge is -2.30. The second-order valence-corrected chi connectivity index (χ2v) is 8.66. The van der Waals surface area contributed by atoms with Crippen molar-refractivity contribution in [3.05, 3.63) is 16.3 Å². The van der Waals surface area contributed by atoms with Crippen molar-refractivity contribution in [3.8, 4) is 0 Å². The Kier molecular flexibility index (Phi) is 6.22. The van der Waals surface area contributed by atoms with Crippen molar-refractivity contribution in [3.63, 3.8) is 0 Å². The lowest BCUT2D eigenvalue weighted by Crippen LogP contribution is -2.38. The molecule has 1 aromatic rings. The highest BCUT2D eigenvalue weighted by atomic mass is 32.2. The third kappa shape index (κ3) is 4.06. The standard InChI is InChI=1S/C15H26N2O2S2/c1-3-10-16-12-14-15(9-11-20-14)21(18,19)17(2)13-7-5-4-6-8-13/h9,11,13,16H,3-8,10,12H2,1-2H3. The summed E-state index contributed by atoms with van der Waals surface area (Å²) in [7, 11) is -1.62. The normalized spacial score (nSPS) is 17.5. The van der Waals surface area contributed by atoms with Crippen molar-refractivity contribution >= 4 is 21.4 Å². The van der Waals surface area contributed by atoms with Crippen molar-refractivity contribution in [1.29, 1.82) is 0 Å². The summed E-state index contributed by atoms with van der Waals surface area (Å²) in [5, 5.41) is 5.18. The fraction of sp³-hybridized carbons (Fsp3) is 0.733. The number of hydrogen-bond donors (Lipinski definition) is 1. The SMILES string of the molecule is CCCNCc1sccc1S(=O)(=O)N(C)C1CCCCC1. The average molecular weight is 331 g/mol. The van der Waals surface area contributed by atoms with Crippen LogP contribution in [0.3, 0.4) is 0 Å². The van der Waals surface area contributed by atoms with E-state index in [0.29, 0.717) is 11.4 Å². The summed E-state index contributed by atoms with van der Waals surface area (Å²) in [4.78, 5) is 1.41. The van der Waals surface area contributed by atoms with Crippen molar-refractivity contribution in [2.75, 3.05) is 13.6 Å². The number of nitrogens with zero attached hydrogens (tertiary/aromatic N) is 1. The zero-order chi connectivity index (χ0) is 15.3. The number of rotatable bonds is 7. The highest BCUT2D eigenvalue weighted by Crippen LogP contribution is 2.29. The van der Waals surface area contributed by atoms with Crippen LogP contribution in [0.2, 0.25) is 0 Å². The minimum Gasteiger partial charge on any atom is -0.312 e. The summed E-state index contributed by atoms with van der Waals surface area (Å²) in [5.41, 5.74) is 0. The predicted octanol–water partition coefficient (Wildman–Crippen LogP) is 3.20. The van der Waals surface area contributed by atoms with Gasteiger partial charge in [-0.15, -0.1) is 11.3 Å². The third-order valence-corrected chi connectivity index (χ3v) is 7.21. The van der Waals surface area contributed by atoms with Crippen LogP contribution < -0.4 is 5.32 Å². The molecular weight excluding hydrogens is 304 g/mol. The molecule has 6 heteroatoms. The molecule has 0 bridgehead atoms. The summed E-state index contributed by atoms with van der Waals surface area (Å²) >= 11 is 1.52. The molecule has 21 heavy (non-hydrogen) atoms. The molecule has 0 spiro atoms. The molecular formula is C15H26N2O2S2. The molecule has 1 saturated carbocycles. The molecule has 1 fully saturated rings. The lowest BCUT2D eigenvalue weighted by molar-refractivity contribution is 0.285. The van der Waals surface area contributed by atoms with Crippen LogP contribution in [-0.4, -0.2) is 32.4 Å². The predicted molar refractivity (Wildman–Crippen MR) is 88.1 cm³/mol. The van der Waals surface area contributed by atoms with Crippen molar-refractivity contribution in [2.45, 2.75) is 62.9 Å². The number of hydrogen-bond acceptors (Lipinski definition) is 4. The Bertz CT molecular complexity index is 534. The molecule has 1 aliphatic rings. The summed E-state index contributed by atoms with van der Waals surface area (Å²) in [6, 6.07) is 1.92. The maximum absolute atomic E-state index is 12.9. The first-order chi connectivity index (χ1) is 10.1. The molecule has 0 unspecified atom stereocenters. The van der Waals surface area contributed by atoms with E-state index in [2.05, 4.69) is 12.2 Å². The fourth-order valence-electron chi connectivity index (χ4n) is 2.86. The van der Waals surface area contributed by atoms with Crippen LogP contribution in [0.5, 0.6) is 0 Å². The summed E-state index contributed by atoms with van der Waals surface area (Å²) in [5.74, 6) is 0. The first kappa shape index (κ1) is 16.9. The molecule has 1 aliphatic carbocycles. The van der Waals surface area contributed by atoms with Crippen LogP contribution in [0, 0.1) is 0 Å². The molecule has 120 valence electrons. The number of thiophene rings is 1. The van der Waals surface area contributed by atoms with Crippen LogP contribution >= 0.6 is 11.3 Å².